The maximum atomic E-state index is 13.7. The van der Waals surface area contributed by atoms with E-state index in [0.29, 0.717) is 17.0 Å². The molecule has 266 valence electrons. The number of thiazole rings is 1. The van der Waals surface area contributed by atoms with Crippen molar-refractivity contribution < 1.29 is 28.8 Å². The van der Waals surface area contributed by atoms with Crippen LogP contribution >= 0.6 is 11.3 Å². The lowest BCUT2D eigenvalue weighted by Crippen LogP contribution is -2.57. The van der Waals surface area contributed by atoms with E-state index in [2.05, 4.69) is 31.2 Å². The number of likely N-dealkylation sites (N-methyl/N-ethyl adjacent to an activating group) is 1. The van der Waals surface area contributed by atoms with Gasteiger partial charge in [0, 0.05) is 37.9 Å². The minimum absolute atomic E-state index is 0.00955. The van der Waals surface area contributed by atoms with Gasteiger partial charge in [0.25, 0.3) is 5.91 Å². The molecule has 1 aliphatic heterocycles. The summed E-state index contributed by atoms with van der Waals surface area (Å²) in [5, 5.41) is 13.0. The molecule has 3 aromatic rings. The van der Waals surface area contributed by atoms with Gasteiger partial charge < -0.3 is 31.1 Å². The second-order valence-electron chi connectivity index (χ2n) is 12.6. The van der Waals surface area contributed by atoms with E-state index in [1.54, 1.807) is 50.8 Å². The number of pyridine rings is 1. The van der Waals surface area contributed by atoms with Gasteiger partial charge in [-0.3, -0.25) is 33.8 Å². The van der Waals surface area contributed by atoms with Crippen molar-refractivity contribution in [3.8, 4) is 0 Å². The molecule has 0 unspecified atom stereocenters. The summed E-state index contributed by atoms with van der Waals surface area (Å²) in [4.78, 5) is 91.5. The minimum atomic E-state index is -1.02. The first kappa shape index (κ1) is 37.6. The van der Waals surface area contributed by atoms with E-state index in [0.717, 1.165) is 5.56 Å². The predicted octanol–water partition coefficient (Wildman–Crippen LogP) is 1.25. The Kier molecular flexibility index (Phi) is 13.1. The first-order valence-electron chi connectivity index (χ1n) is 16.4. The van der Waals surface area contributed by atoms with Crippen LogP contribution in [0, 0.1) is 5.92 Å². The molecule has 50 heavy (non-hydrogen) atoms. The Morgan fingerprint density at radius 1 is 0.900 bits per heavy atom. The van der Waals surface area contributed by atoms with Crippen LogP contribution in [0.2, 0.25) is 0 Å². The fraction of sp³-hybridized carbons (Fsp3) is 0.429. The van der Waals surface area contributed by atoms with Crippen LogP contribution < -0.4 is 21.3 Å². The van der Waals surface area contributed by atoms with Crippen LogP contribution in [0.5, 0.6) is 0 Å². The molecule has 2 bridgehead atoms. The second-order valence-corrected chi connectivity index (χ2v) is 13.5. The number of nitrogens with one attached hydrogen (secondary N) is 4. The van der Waals surface area contributed by atoms with Gasteiger partial charge in [0.15, 0.2) is 0 Å². The molecule has 6 amide bonds. The fourth-order valence-electron chi connectivity index (χ4n) is 5.32. The minimum Gasteiger partial charge on any atom is -0.345 e. The van der Waals surface area contributed by atoms with Crippen LogP contribution in [0.25, 0.3) is 0 Å². The third kappa shape index (κ3) is 10.4. The lowest BCUT2D eigenvalue weighted by molar-refractivity contribution is -0.138. The van der Waals surface area contributed by atoms with E-state index >= 15 is 0 Å². The molecule has 1 aliphatic rings. The molecule has 0 saturated heterocycles. The summed E-state index contributed by atoms with van der Waals surface area (Å²) in [5.41, 5.74) is 1.64. The molecule has 15 heteroatoms. The summed E-state index contributed by atoms with van der Waals surface area (Å²) in [6, 6.07) is 9.33. The normalized spacial score (nSPS) is 21.8. The fourth-order valence-corrected chi connectivity index (χ4v) is 6.17. The molecule has 4 rings (SSSR count). The number of hydrogen-bond acceptors (Lipinski definition) is 9. The topological polar surface area (TPSA) is 183 Å². The molecule has 0 saturated carbocycles. The quantitative estimate of drug-likeness (QED) is 0.306. The first-order valence-corrected chi connectivity index (χ1v) is 17.3. The van der Waals surface area contributed by atoms with Gasteiger partial charge in [-0.15, -0.1) is 11.3 Å². The van der Waals surface area contributed by atoms with Gasteiger partial charge in [0.2, 0.25) is 29.5 Å². The third-order valence-electron chi connectivity index (χ3n) is 8.23. The highest BCUT2D eigenvalue weighted by atomic mass is 32.1. The molecule has 1 aromatic carbocycles. The van der Waals surface area contributed by atoms with E-state index in [1.165, 1.54) is 35.0 Å². The Bertz CT molecular complexity index is 1670. The van der Waals surface area contributed by atoms with Crippen LogP contribution in [-0.2, 0) is 36.8 Å². The zero-order valence-electron chi connectivity index (χ0n) is 28.8. The Hall–Kier alpha value is -5.18. The zero-order chi connectivity index (χ0) is 36.4. The molecular formula is C35H44N8O6S. The third-order valence-corrected chi connectivity index (χ3v) is 9.19. The lowest BCUT2D eigenvalue weighted by atomic mass is 10.0. The van der Waals surface area contributed by atoms with Crippen molar-refractivity contribution in [1.29, 1.82) is 0 Å². The van der Waals surface area contributed by atoms with Crippen LogP contribution in [0.4, 0.5) is 0 Å². The molecule has 0 aliphatic carbocycles. The standard InChI is InChI=1S/C35H44N8O6S/c1-21(2)30-33(48)38-23(4)35(49)42(5)14-15-43(29(45)17-25-12-9-13-36-18-25)19-28(44)39-26(16-24-10-7-6-8-11-24)34-40-27(20-50-34)32(47)37-22(3)31(46)41-30/h6-13,18,20-23,26,30H,14-17,19H2,1-5H3,(H,37,47)(H,38,48)(H,39,44)(H,41,46)/t22-,23+,26-,30-/m0/s1. The molecule has 0 radical (unpaired) electrons. The summed E-state index contributed by atoms with van der Waals surface area (Å²) in [7, 11) is 1.55. The van der Waals surface area contributed by atoms with Gasteiger partial charge in [-0.05, 0) is 43.4 Å². The molecule has 2 aromatic heterocycles. The maximum absolute atomic E-state index is 13.7. The maximum Gasteiger partial charge on any atom is 0.271 e. The Balaban J connectivity index is 1.66. The summed E-state index contributed by atoms with van der Waals surface area (Å²) in [5.74, 6) is -3.32. The summed E-state index contributed by atoms with van der Waals surface area (Å²) < 4.78 is 0. The Morgan fingerprint density at radius 2 is 1.62 bits per heavy atom. The van der Waals surface area contributed by atoms with E-state index in [-0.39, 0.29) is 43.6 Å². The number of carbonyl (C=O) groups excluding carboxylic acids is 6. The lowest BCUT2D eigenvalue weighted by Gasteiger charge is -2.29. The number of nitrogens with zero attached hydrogens (tertiary/aromatic N) is 4. The highest BCUT2D eigenvalue weighted by Gasteiger charge is 2.31. The van der Waals surface area contributed by atoms with Crippen LogP contribution in [0.1, 0.15) is 60.4 Å². The molecular weight excluding hydrogens is 661 g/mol. The Morgan fingerprint density at radius 3 is 2.30 bits per heavy atom. The van der Waals surface area contributed by atoms with Crippen LogP contribution in [0.3, 0.4) is 0 Å². The van der Waals surface area contributed by atoms with Gasteiger partial charge in [-0.1, -0.05) is 50.2 Å². The number of rotatable bonds is 5. The number of aromatic nitrogens is 2. The van der Waals surface area contributed by atoms with E-state index in [1.807, 2.05) is 30.3 Å². The van der Waals surface area contributed by atoms with Crippen molar-refractivity contribution >= 4 is 46.8 Å². The average Bonchev–Trinajstić information content (AvgIpc) is 3.59. The summed E-state index contributed by atoms with van der Waals surface area (Å²) in [6.07, 6.45) is 3.52. The number of amides is 6. The number of benzene rings is 1. The van der Waals surface area contributed by atoms with E-state index in [9.17, 15) is 28.8 Å². The molecule has 0 spiro atoms. The molecule has 3 heterocycles. The van der Waals surface area contributed by atoms with Gasteiger partial charge in [0.05, 0.1) is 19.0 Å². The number of carbonyl (C=O) groups is 6. The second kappa shape index (κ2) is 17.5. The van der Waals surface area contributed by atoms with Crippen molar-refractivity contribution in [1.82, 2.24) is 41.0 Å². The average molecular weight is 705 g/mol. The highest BCUT2D eigenvalue weighted by Crippen LogP contribution is 2.23. The van der Waals surface area contributed by atoms with Gasteiger partial charge >= 0.3 is 0 Å². The van der Waals surface area contributed by atoms with E-state index in [4.69, 9.17) is 0 Å². The smallest absolute Gasteiger partial charge is 0.271 e. The van der Waals surface area contributed by atoms with Crippen LogP contribution in [0.15, 0.2) is 60.2 Å². The van der Waals surface area contributed by atoms with Gasteiger partial charge in [-0.2, -0.15) is 0 Å². The molecule has 4 N–H and O–H groups in total. The predicted molar refractivity (Wildman–Crippen MR) is 187 cm³/mol. The largest absolute Gasteiger partial charge is 0.345 e. The van der Waals surface area contributed by atoms with Crippen molar-refractivity contribution in [2.75, 3.05) is 26.7 Å². The van der Waals surface area contributed by atoms with Gasteiger partial charge in [-0.25, -0.2) is 4.98 Å². The van der Waals surface area contributed by atoms with Crippen molar-refractivity contribution in [3.05, 3.63) is 82.1 Å². The molecule has 4 atom stereocenters. The molecule has 0 fully saturated rings. The zero-order valence-corrected chi connectivity index (χ0v) is 29.7. The number of fused-ring (bicyclic) bond motifs is 2. The summed E-state index contributed by atoms with van der Waals surface area (Å²) >= 11 is 1.18. The van der Waals surface area contributed by atoms with Crippen molar-refractivity contribution in [3.63, 3.8) is 0 Å². The van der Waals surface area contributed by atoms with E-state index < -0.39 is 53.7 Å². The highest BCUT2D eigenvalue weighted by molar-refractivity contribution is 7.09. The van der Waals surface area contributed by atoms with Crippen molar-refractivity contribution in [2.45, 2.75) is 64.7 Å². The SMILES string of the molecule is CC(C)[C@@H]1NC(=O)[C@H](C)NC(=O)c2csc(n2)[C@H](Cc2ccccc2)NC(=O)CN(C(=O)Cc2cccnc2)CCN(C)C(=O)[C@@H](C)NC1=O. The number of hydrogen-bond donors (Lipinski definition) is 4. The summed E-state index contributed by atoms with van der Waals surface area (Å²) in [6.45, 7) is 6.33. The first-order chi connectivity index (χ1) is 23.8. The molecule has 14 nitrogen and oxygen atoms in total. The van der Waals surface area contributed by atoms with Crippen molar-refractivity contribution in [2.24, 2.45) is 5.92 Å². The monoisotopic (exact) mass is 704 g/mol. The van der Waals surface area contributed by atoms with Crippen LogP contribution in [-0.4, -0.2) is 100 Å². The Labute approximate surface area is 295 Å². The van der Waals surface area contributed by atoms with Gasteiger partial charge in [0.1, 0.15) is 28.8 Å².